The summed E-state index contributed by atoms with van der Waals surface area (Å²) in [5, 5.41) is 4.05. The van der Waals surface area contributed by atoms with Crippen LogP contribution in [0, 0.1) is 11.6 Å². The SMILES string of the molecule is CN1CCN([C@H]2CC[C@H](n3cc(-c4ccc(Nc5nc6c(F)ccc(F)c6n5C)cc4)c4c(N)ncnc43)CC2)CC1. The standard InChI is InChI=1S/C31H35F2N9/c1-39-13-15-41(16-14-39)21-7-9-22(10-8-21)42-17-23(26-29(34)35-18-36-30(26)42)19-3-5-20(6-4-19)37-31-38-27-24(32)11-12-25(33)28(27)40(31)2/h3-6,11-12,17-18,21-22H,7-10,13-16H2,1-2H3,(H,37,38)(H2,34,35,36)/t21-,22-. The van der Waals surface area contributed by atoms with Crippen LogP contribution in [0.15, 0.2) is 48.9 Å². The second-order valence-electron chi connectivity index (χ2n) is 11.6. The molecule has 2 aliphatic rings. The molecular weight excluding hydrogens is 536 g/mol. The van der Waals surface area contributed by atoms with E-state index in [4.69, 9.17) is 5.73 Å². The summed E-state index contributed by atoms with van der Waals surface area (Å²) in [6.45, 7) is 4.60. The molecule has 9 nitrogen and oxygen atoms in total. The van der Waals surface area contributed by atoms with Crippen LogP contribution in [0.5, 0.6) is 0 Å². The van der Waals surface area contributed by atoms with E-state index in [-0.39, 0.29) is 11.0 Å². The van der Waals surface area contributed by atoms with E-state index < -0.39 is 11.6 Å². The van der Waals surface area contributed by atoms with Crippen molar-refractivity contribution in [3.63, 3.8) is 0 Å². The lowest BCUT2D eigenvalue weighted by molar-refractivity contribution is 0.0828. The molecule has 1 saturated heterocycles. The molecule has 5 aromatic rings. The summed E-state index contributed by atoms with van der Waals surface area (Å²) < 4.78 is 32.4. The zero-order valence-corrected chi connectivity index (χ0v) is 23.9. The van der Waals surface area contributed by atoms with Crippen molar-refractivity contribution in [1.29, 1.82) is 0 Å². The average Bonchev–Trinajstić information content (AvgIpc) is 3.56. The van der Waals surface area contributed by atoms with Crippen LogP contribution < -0.4 is 11.1 Å². The summed E-state index contributed by atoms with van der Waals surface area (Å²) in [6, 6.07) is 11.1. The maximum atomic E-state index is 14.4. The number of hydrogen-bond acceptors (Lipinski definition) is 7. The average molecular weight is 572 g/mol. The van der Waals surface area contributed by atoms with Crippen molar-refractivity contribution in [2.75, 3.05) is 44.3 Å². The Morgan fingerprint density at radius 2 is 1.55 bits per heavy atom. The number of halogens is 2. The fourth-order valence-corrected chi connectivity index (χ4v) is 6.71. The van der Waals surface area contributed by atoms with E-state index in [1.807, 2.05) is 24.3 Å². The minimum Gasteiger partial charge on any atom is -0.383 e. The highest BCUT2D eigenvalue weighted by Gasteiger charge is 2.30. The van der Waals surface area contributed by atoms with E-state index in [2.05, 4.69) is 47.9 Å². The van der Waals surface area contributed by atoms with Crippen molar-refractivity contribution < 1.29 is 8.78 Å². The number of anilines is 3. The van der Waals surface area contributed by atoms with Gasteiger partial charge in [-0.1, -0.05) is 12.1 Å². The van der Waals surface area contributed by atoms with Crippen LogP contribution in [0.3, 0.4) is 0 Å². The molecule has 2 fully saturated rings. The molecular formula is C31H35F2N9. The topological polar surface area (TPSA) is 93.1 Å². The molecule has 0 atom stereocenters. The maximum Gasteiger partial charge on any atom is 0.208 e. The first kappa shape index (κ1) is 26.8. The third kappa shape index (κ3) is 4.66. The number of nitrogen functional groups attached to an aromatic ring is 1. The van der Waals surface area contributed by atoms with Crippen molar-refractivity contribution >= 4 is 39.5 Å². The monoisotopic (exact) mass is 571 g/mol. The lowest BCUT2D eigenvalue weighted by atomic mass is 9.89. The van der Waals surface area contributed by atoms with Crippen LogP contribution >= 0.6 is 0 Å². The summed E-state index contributed by atoms with van der Waals surface area (Å²) in [5.74, 6) is -0.266. The predicted molar refractivity (Wildman–Crippen MR) is 162 cm³/mol. The number of fused-ring (bicyclic) bond motifs is 2. The molecule has 11 heteroatoms. The Kier molecular flexibility index (Phi) is 6.78. The van der Waals surface area contributed by atoms with Crippen molar-refractivity contribution in [2.45, 2.75) is 37.8 Å². The highest BCUT2D eigenvalue weighted by molar-refractivity contribution is 6.00. The van der Waals surface area contributed by atoms with Gasteiger partial charge in [0.1, 0.15) is 34.6 Å². The molecule has 4 heterocycles. The van der Waals surface area contributed by atoms with Crippen molar-refractivity contribution in [3.8, 4) is 11.1 Å². The van der Waals surface area contributed by atoms with Crippen LogP contribution in [0.25, 0.3) is 33.2 Å². The van der Waals surface area contributed by atoms with Crippen molar-refractivity contribution in [1.82, 2.24) is 33.9 Å². The molecule has 1 saturated carbocycles. The number of likely N-dealkylation sites (N-methyl/N-ethyl adjacent to an activating group) is 1. The van der Waals surface area contributed by atoms with Gasteiger partial charge in [-0.05, 0) is 62.6 Å². The minimum atomic E-state index is -0.561. The largest absolute Gasteiger partial charge is 0.383 e. The molecule has 7 rings (SSSR count). The number of piperazine rings is 1. The third-order valence-electron chi connectivity index (χ3n) is 9.13. The van der Waals surface area contributed by atoms with Crippen LogP contribution in [-0.4, -0.2) is 73.2 Å². The van der Waals surface area contributed by atoms with Gasteiger partial charge in [0.25, 0.3) is 0 Å². The van der Waals surface area contributed by atoms with Gasteiger partial charge in [0.2, 0.25) is 5.95 Å². The maximum absolute atomic E-state index is 14.4. The highest BCUT2D eigenvalue weighted by atomic mass is 19.1. The number of nitrogens with zero attached hydrogens (tertiary/aromatic N) is 7. The summed E-state index contributed by atoms with van der Waals surface area (Å²) in [6.07, 6.45) is 8.29. The summed E-state index contributed by atoms with van der Waals surface area (Å²) in [5.41, 5.74) is 10.1. The smallest absolute Gasteiger partial charge is 0.208 e. The number of aromatic nitrogens is 5. The number of benzene rings is 2. The van der Waals surface area contributed by atoms with Crippen LogP contribution in [0.4, 0.5) is 26.2 Å². The molecule has 0 spiro atoms. The molecule has 1 aliphatic carbocycles. The van der Waals surface area contributed by atoms with Gasteiger partial charge in [-0.2, -0.15) is 0 Å². The lowest BCUT2D eigenvalue weighted by Gasteiger charge is -2.41. The fourth-order valence-electron chi connectivity index (χ4n) is 6.71. The molecule has 2 aromatic carbocycles. The van der Waals surface area contributed by atoms with Gasteiger partial charge in [-0.15, -0.1) is 0 Å². The Bertz CT molecular complexity index is 1740. The molecule has 218 valence electrons. The highest BCUT2D eigenvalue weighted by Crippen LogP contribution is 2.39. The second kappa shape index (κ2) is 10.6. The summed E-state index contributed by atoms with van der Waals surface area (Å²) >= 11 is 0. The molecule has 0 unspecified atom stereocenters. The van der Waals surface area contributed by atoms with Gasteiger partial charge in [-0.25, -0.2) is 23.7 Å². The minimum absolute atomic E-state index is 0.00234. The molecule has 0 amide bonds. The molecule has 1 aliphatic heterocycles. The van der Waals surface area contributed by atoms with Crippen LogP contribution in [0.2, 0.25) is 0 Å². The number of hydrogen-bond donors (Lipinski definition) is 2. The predicted octanol–water partition coefficient (Wildman–Crippen LogP) is 5.32. The van der Waals surface area contributed by atoms with E-state index in [1.54, 1.807) is 13.4 Å². The number of nitrogens with two attached hydrogens (primary N) is 1. The van der Waals surface area contributed by atoms with Gasteiger partial charge >= 0.3 is 0 Å². The van der Waals surface area contributed by atoms with Gasteiger partial charge in [0.15, 0.2) is 5.82 Å². The summed E-state index contributed by atoms with van der Waals surface area (Å²) in [7, 11) is 3.86. The van der Waals surface area contributed by atoms with Gasteiger partial charge < -0.3 is 25.1 Å². The zero-order chi connectivity index (χ0) is 29.0. The number of nitrogens with one attached hydrogen (secondary N) is 1. The second-order valence-corrected chi connectivity index (χ2v) is 11.6. The normalized spacial score (nSPS) is 20.5. The Morgan fingerprint density at radius 1 is 0.857 bits per heavy atom. The van der Waals surface area contributed by atoms with Crippen LogP contribution in [0.1, 0.15) is 31.7 Å². The van der Waals surface area contributed by atoms with Gasteiger partial charge in [-0.3, -0.25) is 4.90 Å². The molecule has 0 radical (unpaired) electrons. The molecule has 3 aromatic heterocycles. The Hall–Kier alpha value is -4.09. The molecule has 42 heavy (non-hydrogen) atoms. The zero-order valence-electron chi connectivity index (χ0n) is 23.9. The first-order valence-electron chi connectivity index (χ1n) is 14.6. The van der Waals surface area contributed by atoms with Crippen molar-refractivity contribution in [3.05, 3.63) is 60.6 Å². The van der Waals surface area contributed by atoms with E-state index in [9.17, 15) is 8.78 Å². The molecule has 3 N–H and O–H groups in total. The Balaban J connectivity index is 1.14. The Labute approximate surface area is 243 Å². The van der Waals surface area contributed by atoms with Crippen molar-refractivity contribution in [2.24, 2.45) is 7.05 Å². The van der Waals surface area contributed by atoms with Crippen LogP contribution in [-0.2, 0) is 7.05 Å². The van der Waals surface area contributed by atoms with E-state index in [0.29, 0.717) is 23.8 Å². The Morgan fingerprint density at radius 3 is 2.26 bits per heavy atom. The first-order valence-corrected chi connectivity index (χ1v) is 14.6. The summed E-state index contributed by atoms with van der Waals surface area (Å²) in [4.78, 5) is 18.3. The number of imidazole rings is 1. The fraction of sp³-hybridized carbons (Fsp3) is 0.387. The van der Waals surface area contributed by atoms with E-state index in [1.165, 1.54) is 17.4 Å². The number of rotatable bonds is 5. The van der Waals surface area contributed by atoms with Gasteiger partial charge in [0.05, 0.1) is 5.39 Å². The first-order chi connectivity index (χ1) is 20.4. The third-order valence-corrected chi connectivity index (χ3v) is 9.13. The van der Waals surface area contributed by atoms with E-state index in [0.717, 1.165) is 79.0 Å². The van der Waals surface area contributed by atoms with Gasteiger partial charge in [0, 0.05) is 62.8 Å². The lowest BCUT2D eigenvalue weighted by Crippen LogP contribution is -2.49. The van der Waals surface area contributed by atoms with E-state index >= 15 is 0 Å². The number of aryl methyl sites for hydroxylation is 1. The molecule has 0 bridgehead atoms. The quantitative estimate of drug-likeness (QED) is 0.295.